The lowest BCUT2D eigenvalue weighted by molar-refractivity contribution is 0.0468. The molecule has 1 unspecified atom stereocenters. The van der Waals surface area contributed by atoms with Crippen LogP contribution >= 0.6 is 0 Å². The third-order valence-electron chi connectivity index (χ3n) is 4.05. The van der Waals surface area contributed by atoms with Crippen molar-refractivity contribution in [2.45, 2.75) is 39.3 Å². The number of amides is 1. The molecule has 1 aliphatic heterocycles. The molecule has 124 valence electrons. The first-order valence-corrected chi connectivity index (χ1v) is 7.88. The number of nitrogens with zero attached hydrogens (tertiary/aromatic N) is 4. The molecule has 1 fully saturated rings. The molecule has 0 bridgehead atoms. The van der Waals surface area contributed by atoms with Crippen LogP contribution in [0.1, 0.15) is 47.9 Å². The SMILES string of the molecule is CCn1cc(C(=O)NC(c2nc(C)no2)C2CCOCC2)cn1. The molecule has 3 heterocycles. The minimum Gasteiger partial charge on any atom is -0.381 e. The molecular weight excluding hydrogens is 298 g/mol. The van der Waals surface area contributed by atoms with Crippen molar-refractivity contribution >= 4 is 5.91 Å². The fraction of sp³-hybridized carbons (Fsp3) is 0.600. The van der Waals surface area contributed by atoms with Gasteiger partial charge in [-0.05, 0) is 32.6 Å². The average Bonchev–Trinajstić information content (AvgIpc) is 3.22. The van der Waals surface area contributed by atoms with Gasteiger partial charge in [0.05, 0.1) is 11.8 Å². The summed E-state index contributed by atoms with van der Waals surface area (Å²) in [5.41, 5.74) is 0.528. The van der Waals surface area contributed by atoms with Crippen LogP contribution in [0.2, 0.25) is 0 Å². The average molecular weight is 319 g/mol. The van der Waals surface area contributed by atoms with Crippen LogP contribution in [0.25, 0.3) is 0 Å². The molecule has 1 saturated heterocycles. The van der Waals surface area contributed by atoms with Gasteiger partial charge in [-0.2, -0.15) is 10.1 Å². The summed E-state index contributed by atoms with van der Waals surface area (Å²) in [6.07, 6.45) is 5.00. The van der Waals surface area contributed by atoms with Gasteiger partial charge in [-0.25, -0.2) is 0 Å². The first kappa shape index (κ1) is 15.7. The molecule has 3 rings (SSSR count). The maximum Gasteiger partial charge on any atom is 0.255 e. The number of nitrogens with one attached hydrogen (secondary N) is 1. The summed E-state index contributed by atoms with van der Waals surface area (Å²) < 4.78 is 12.4. The van der Waals surface area contributed by atoms with E-state index in [2.05, 4.69) is 20.6 Å². The normalized spacial score (nSPS) is 17.1. The molecule has 0 radical (unpaired) electrons. The fourth-order valence-corrected chi connectivity index (χ4v) is 2.75. The summed E-state index contributed by atoms with van der Waals surface area (Å²) in [6.45, 7) is 5.82. The summed E-state index contributed by atoms with van der Waals surface area (Å²) in [4.78, 5) is 16.8. The predicted octanol–water partition coefficient (Wildman–Crippen LogP) is 1.49. The number of aromatic nitrogens is 4. The molecule has 1 N–H and O–H groups in total. The first-order valence-electron chi connectivity index (χ1n) is 7.88. The highest BCUT2D eigenvalue weighted by Gasteiger charge is 2.31. The van der Waals surface area contributed by atoms with E-state index in [9.17, 15) is 4.79 Å². The third-order valence-corrected chi connectivity index (χ3v) is 4.05. The molecule has 23 heavy (non-hydrogen) atoms. The van der Waals surface area contributed by atoms with E-state index >= 15 is 0 Å². The van der Waals surface area contributed by atoms with E-state index < -0.39 is 0 Å². The molecule has 1 atom stereocenters. The molecular formula is C15H21N5O3. The van der Waals surface area contributed by atoms with Gasteiger partial charge in [0, 0.05) is 26.0 Å². The molecule has 0 aliphatic carbocycles. The number of hydrogen-bond donors (Lipinski definition) is 1. The lowest BCUT2D eigenvalue weighted by atomic mass is 9.91. The fourth-order valence-electron chi connectivity index (χ4n) is 2.75. The molecule has 0 spiro atoms. The van der Waals surface area contributed by atoms with E-state index in [0.717, 1.165) is 19.4 Å². The molecule has 0 saturated carbocycles. The second kappa shape index (κ2) is 6.91. The summed E-state index contributed by atoms with van der Waals surface area (Å²) >= 11 is 0. The van der Waals surface area contributed by atoms with E-state index in [4.69, 9.17) is 9.26 Å². The lowest BCUT2D eigenvalue weighted by Gasteiger charge is -2.28. The van der Waals surface area contributed by atoms with Crippen molar-refractivity contribution in [3.8, 4) is 0 Å². The van der Waals surface area contributed by atoms with Crippen molar-refractivity contribution in [1.82, 2.24) is 25.2 Å². The zero-order valence-corrected chi connectivity index (χ0v) is 13.4. The van der Waals surface area contributed by atoms with E-state index in [0.29, 0.717) is 30.5 Å². The second-order valence-corrected chi connectivity index (χ2v) is 5.67. The Morgan fingerprint density at radius 2 is 2.26 bits per heavy atom. The van der Waals surface area contributed by atoms with Crippen LogP contribution in [0.15, 0.2) is 16.9 Å². The van der Waals surface area contributed by atoms with E-state index in [1.807, 2.05) is 6.92 Å². The Kier molecular flexibility index (Phi) is 4.71. The van der Waals surface area contributed by atoms with Gasteiger partial charge < -0.3 is 14.6 Å². The Morgan fingerprint density at radius 3 is 2.87 bits per heavy atom. The van der Waals surface area contributed by atoms with Crippen molar-refractivity contribution < 1.29 is 14.1 Å². The summed E-state index contributed by atoms with van der Waals surface area (Å²) in [5, 5.41) is 11.0. The van der Waals surface area contributed by atoms with Crippen LogP contribution in [-0.2, 0) is 11.3 Å². The van der Waals surface area contributed by atoms with Crippen LogP contribution < -0.4 is 5.32 Å². The van der Waals surface area contributed by atoms with Crippen LogP contribution in [0.5, 0.6) is 0 Å². The third kappa shape index (κ3) is 3.58. The number of rotatable bonds is 5. The monoisotopic (exact) mass is 319 g/mol. The van der Waals surface area contributed by atoms with Gasteiger partial charge in [-0.1, -0.05) is 5.16 Å². The Morgan fingerprint density at radius 1 is 1.48 bits per heavy atom. The van der Waals surface area contributed by atoms with Gasteiger partial charge >= 0.3 is 0 Å². The molecule has 1 amide bonds. The molecule has 0 aromatic carbocycles. The molecule has 8 heteroatoms. The van der Waals surface area contributed by atoms with E-state index in [-0.39, 0.29) is 17.9 Å². The van der Waals surface area contributed by atoms with Crippen LogP contribution in [0.4, 0.5) is 0 Å². The van der Waals surface area contributed by atoms with Crippen molar-refractivity contribution in [3.63, 3.8) is 0 Å². The van der Waals surface area contributed by atoms with Crippen molar-refractivity contribution in [2.75, 3.05) is 13.2 Å². The van der Waals surface area contributed by atoms with Crippen LogP contribution in [0, 0.1) is 12.8 Å². The van der Waals surface area contributed by atoms with Gasteiger partial charge in [-0.15, -0.1) is 0 Å². The first-order chi connectivity index (χ1) is 11.2. The Balaban J connectivity index is 1.78. The van der Waals surface area contributed by atoms with Crippen molar-refractivity contribution in [2.24, 2.45) is 5.92 Å². The quantitative estimate of drug-likeness (QED) is 0.897. The number of ether oxygens (including phenoxy) is 1. The van der Waals surface area contributed by atoms with Crippen molar-refractivity contribution in [3.05, 3.63) is 29.7 Å². The maximum atomic E-state index is 12.5. The number of aryl methyl sites for hydroxylation is 2. The Hall–Kier alpha value is -2.22. The number of carbonyl (C=O) groups excluding carboxylic acids is 1. The maximum absolute atomic E-state index is 12.5. The highest BCUT2D eigenvalue weighted by atomic mass is 16.5. The van der Waals surface area contributed by atoms with Gasteiger partial charge in [0.1, 0.15) is 6.04 Å². The van der Waals surface area contributed by atoms with Gasteiger partial charge in [0.15, 0.2) is 5.82 Å². The Labute approximate surface area is 134 Å². The molecule has 2 aromatic rings. The zero-order chi connectivity index (χ0) is 16.2. The number of hydrogen-bond acceptors (Lipinski definition) is 6. The zero-order valence-electron chi connectivity index (χ0n) is 13.4. The Bertz CT molecular complexity index is 660. The second-order valence-electron chi connectivity index (χ2n) is 5.67. The summed E-state index contributed by atoms with van der Waals surface area (Å²) in [6, 6.07) is -0.308. The smallest absolute Gasteiger partial charge is 0.255 e. The minimum absolute atomic E-state index is 0.183. The van der Waals surface area contributed by atoms with E-state index in [1.54, 1.807) is 24.0 Å². The van der Waals surface area contributed by atoms with Crippen LogP contribution in [-0.4, -0.2) is 39.0 Å². The standard InChI is InChI=1S/C15H21N5O3/c1-3-20-9-12(8-16-20)14(21)18-13(11-4-6-22-7-5-11)15-17-10(2)19-23-15/h8-9,11,13H,3-7H2,1-2H3,(H,18,21). The number of carbonyl (C=O) groups is 1. The molecule has 8 nitrogen and oxygen atoms in total. The van der Waals surface area contributed by atoms with Gasteiger partial charge in [0.2, 0.25) is 5.89 Å². The van der Waals surface area contributed by atoms with Crippen molar-refractivity contribution in [1.29, 1.82) is 0 Å². The summed E-state index contributed by atoms with van der Waals surface area (Å²) in [7, 11) is 0. The summed E-state index contributed by atoms with van der Waals surface area (Å²) in [5.74, 6) is 1.04. The molecule has 1 aliphatic rings. The van der Waals surface area contributed by atoms with E-state index in [1.165, 1.54) is 0 Å². The highest BCUT2D eigenvalue weighted by molar-refractivity contribution is 5.93. The highest BCUT2D eigenvalue weighted by Crippen LogP contribution is 2.29. The predicted molar refractivity (Wildman–Crippen MR) is 80.7 cm³/mol. The molecule has 2 aromatic heterocycles. The topological polar surface area (TPSA) is 95.1 Å². The van der Waals surface area contributed by atoms with Gasteiger partial charge in [-0.3, -0.25) is 9.48 Å². The van der Waals surface area contributed by atoms with Crippen LogP contribution in [0.3, 0.4) is 0 Å². The minimum atomic E-state index is -0.308. The largest absolute Gasteiger partial charge is 0.381 e. The lowest BCUT2D eigenvalue weighted by Crippen LogP contribution is -2.36. The van der Waals surface area contributed by atoms with Gasteiger partial charge in [0.25, 0.3) is 5.91 Å².